The number of benzene rings is 2. The van der Waals surface area contributed by atoms with Crippen LogP contribution in [0.5, 0.6) is 11.6 Å². The number of nitrogens with zero attached hydrogens (tertiary/aromatic N) is 3. The van der Waals surface area contributed by atoms with Crippen molar-refractivity contribution in [3.63, 3.8) is 0 Å². The van der Waals surface area contributed by atoms with Gasteiger partial charge in [0.25, 0.3) is 5.16 Å². The van der Waals surface area contributed by atoms with E-state index in [2.05, 4.69) is 21.4 Å². The van der Waals surface area contributed by atoms with Crippen LogP contribution in [0.1, 0.15) is 16.7 Å². The van der Waals surface area contributed by atoms with E-state index in [1.54, 1.807) is 56.3 Å². The summed E-state index contributed by atoms with van der Waals surface area (Å²) in [7, 11) is -4.08. The lowest BCUT2D eigenvalue weighted by atomic mass is 10.1. The lowest BCUT2D eigenvalue weighted by Gasteiger charge is -2.12. The molecule has 0 spiro atoms. The predicted octanol–water partition coefficient (Wildman–Crippen LogP) is 3.17. The van der Waals surface area contributed by atoms with Crippen molar-refractivity contribution in [1.82, 2.24) is 9.97 Å². The van der Waals surface area contributed by atoms with Gasteiger partial charge in [-0.3, -0.25) is 4.79 Å². The summed E-state index contributed by atoms with van der Waals surface area (Å²) in [5.74, 6) is -1.02. The van der Waals surface area contributed by atoms with E-state index in [-0.39, 0.29) is 5.88 Å². The summed E-state index contributed by atoms with van der Waals surface area (Å²) in [5, 5.41) is 11.1. The molecule has 0 saturated carbocycles. The molecule has 0 atom stereocenters. The van der Waals surface area contributed by atoms with Crippen LogP contribution in [0.4, 0.5) is 5.69 Å². The van der Waals surface area contributed by atoms with Gasteiger partial charge in [-0.2, -0.15) is 10.2 Å². The number of anilines is 1. The van der Waals surface area contributed by atoms with Crippen LogP contribution in [-0.2, 0) is 14.6 Å². The number of ether oxygens (including phenoxy) is 1. The second-order valence-electron chi connectivity index (χ2n) is 6.50. The molecule has 1 amide bonds. The Balaban J connectivity index is 1.79. The molecule has 0 fully saturated rings. The van der Waals surface area contributed by atoms with E-state index in [0.29, 0.717) is 28.1 Å². The number of nitrogens with one attached hydrogen (secondary N) is 1. The Labute approximate surface area is 174 Å². The van der Waals surface area contributed by atoms with E-state index in [4.69, 9.17) is 10.00 Å². The number of sulfone groups is 1. The van der Waals surface area contributed by atoms with Crippen LogP contribution < -0.4 is 10.1 Å². The van der Waals surface area contributed by atoms with Crippen molar-refractivity contribution < 1.29 is 17.9 Å². The van der Waals surface area contributed by atoms with E-state index in [1.165, 1.54) is 12.3 Å². The van der Waals surface area contributed by atoms with Crippen LogP contribution in [0.3, 0.4) is 0 Å². The minimum atomic E-state index is -4.08. The fraction of sp³-hybridized carbons (Fsp3) is 0.143. The highest BCUT2D eigenvalue weighted by Crippen LogP contribution is 2.29. The van der Waals surface area contributed by atoms with Crippen molar-refractivity contribution in [2.24, 2.45) is 0 Å². The number of hydrogen-bond donors (Lipinski definition) is 1. The van der Waals surface area contributed by atoms with Gasteiger partial charge in [-0.05, 0) is 49.2 Å². The van der Waals surface area contributed by atoms with Crippen LogP contribution in [-0.4, -0.2) is 30.0 Å². The molecule has 8 nitrogen and oxygen atoms in total. The first-order chi connectivity index (χ1) is 14.3. The first-order valence-corrected chi connectivity index (χ1v) is 10.5. The van der Waals surface area contributed by atoms with Gasteiger partial charge in [0.2, 0.25) is 21.6 Å². The molecule has 9 heteroatoms. The summed E-state index contributed by atoms with van der Waals surface area (Å²) >= 11 is 0. The van der Waals surface area contributed by atoms with Crippen LogP contribution >= 0.6 is 0 Å². The van der Waals surface area contributed by atoms with Crippen molar-refractivity contribution in [3.05, 3.63) is 71.4 Å². The van der Waals surface area contributed by atoms with Crippen molar-refractivity contribution in [3.8, 4) is 17.7 Å². The third-order valence-corrected chi connectivity index (χ3v) is 5.46. The van der Waals surface area contributed by atoms with E-state index in [0.717, 1.165) is 0 Å². The van der Waals surface area contributed by atoms with Crippen molar-refractivity contribution in [2.75, 3.05) is 11.1 Å². The Bertz CT molecular complexity index is 1210. The Morgan fingerprint density at radius 2 is 1.80 bits per heavy atom. The molecule has 0 bridgehead atoms. The van der Waals surface area contributed by atoms with Crippen LogP contribution in [0.2, 0.25) is 0 Å². The molecule has 0 aliphatic heterocycles. The Morgan fingerprint density at radius 1 is 1.13 bits per heavy atom. The molecule has 0 unspecified atom stereocenters. The Kier molecular flexibility index (Phi) is 6.09. The SMILES string of the molecule is Cc1cc(C#N)cc(C)c1Oc1ccnc(S(=O)(=O)CC(=O)Nc2ccccc2)n1. The molecule has 30 heavy (non-hydrogen) atoms. The third kappa shape index (κ3) is 4.98. The van der Waals surface area contributed by atoms with Crippen molar-refractivity contribution in [2.45, 2.75) is 19.0 Å². The predicted molar refractivity (Wildman–Crippen MR) is 110 cm³/mol. The molecule has 1 heterocycles. The second-order valence-corrected chi connectivity index (χ2v) is 8.39. The zero-order chi connectivity index (χ0) is 21.7. The molecule has 1 N–H and O–H groups in total. The Morgan fingerprint density at radius 3 is 2.43 bits per heavy atom. The van der Waals surface area contributed by atoms with E-state index >= 15 is 0 Å². The van der Waals surface area contributed by atoms with E-state index in [1.807, 2.05) is 0 Å². The maximum atomic E-state index is 12.6. The number of hydrogen-bond acceptors (Lipinski definition) is 7. The van der Waals surface area contributed by atoms with Crippen LogP contribution in [0.15, 0.2) is 59.9 Å². The topological polar surface area (TPSA) is 122 Å². The fourth-order valence-corrected chi connectivity index (χ4v) is 3.76. The lowest BCUT2D eigenvalue weighted by molar-refractivity contribution is -0.113. The zero-order valence-corrected chi connectivity index (χ0v) is 17.1. The molecule has 0 aliphatic rings. The molecule has 3 aromatic rings. The molecule has 0 saturated heterocycles. The summed E-state index contributed by atoms with van der Waals surface area (Å²) < 4.78 is 30.9. The highest BCUT2D eigenvalue weighted by atomic mass is 32.2. The average molecular weight is 422 g/mol. The quantitative estimate of drug-likeness (QED) is 0.605. The standard InChI is InChI=1S/C21H18N4O4S/c1-14-10-16(12-22)11-15(2)20(14)29-19-8-9-23-21(25-19)30(27,28)13-18(26)24-17-6-4-3-5-7-17/h3-11H,13H2,1-2H3,(H,24,26). The van der Waals surface area contributed by atoms with Gasteiger partial charge < -0.3 is 10.1 Å². The summed E-state index contributed by atoms with van der Waals surface area (Å²) in [6.07, 6.45) is 1.25. The van der Waals surface area contributed by atoms with Gasteiger partial charge in [0, 0.05) is 18.0 Å². The number of para-hydroxylation sites is 1. The maximum absolute atomic E-state index is 12.6. The highest BCUT2D eigenvalue weighted by molar-refractivity contribution is 7.92. The normalized spacial score (nSPS) is 10.8. The first-order valence-electron chi connectivity index (χ1n) is 8.88. The number of carbonyl (C=O) groups is 1. The Hall–Kier alpha value is -3.77. The lowest BCUT2D eigenvalue weighted by Crippen LogP contribution is -2.24. The molecular weight excluding hydrogens is 404 g/mol. The smallest absolute Gasteiger partial charge is 0.250 e. The second kappa shape index (κ2) is 8.71. The van der Waals surface area contributed by atoms with Gasteiger partial charge in [-0.25, -0.2) is 13.4 Å². The van der Waals surface area contributed by atoms with Gasteiger partial charge >= 0.3 is 0 Å². The minimum absolute atomic E-state index is 0.0166. The van der Waals surface area contributed by atoms with Crippen molar-refractivity contribution >= 4 is 21.4 Å². The number of amides is 1. The van der Waals surface area contributed by atoms with Gasteiger partial charge in [-0.15, -0.1) is 0 Å². The molecule has 152 valence electrons. The molecule has 0 aliphatic carbocycles. The maximum Gasteiger partial charge on any atom is 0.250 e. The van der Waals surface area contributed by atoms with Crippen LogP contribution in [0, 0.1) is 25.2 Å². The van der Waals surface area contributed by atoms with Gasteiger partial charge in [0.15, 0.2) is 0 Å². The molecule has 2 aromatic carbocycles. The van der Waals surface area contributed by atoms with Crippen LogP contribution in [0.25, 0.3) is 0 Å². The number of aryl methyl sites for hydroxylation is 2. The number of rotatable bonds is 6. The molecule has 1 aromatic heterocycles. The average Bonchev–Trinajstić information content (AvgIpc) is 2.71. The number of aromatic nitrogens is 2. The van der Waals surface area contributed by atoms with Crippen molar-refractivity contribution in [1.29, 1.82) is 5.26 Å². The summed E-state index contributed by atoms with van der Waals surface area (Å²) in [5.41, 5.74) is 2.39. The summed E-state index contributed by atoms with van der Waals surface area (Å²) in [6, 6.07) is 15.3. The van der Waals surface area contributed by atoms with Gasteiger partial charge in [0.05, 0.1) is 11.6 Å². The highest BCUT2D eigenvalue weighted by Gasteiger charge is 2.23. The fourth-order valence-electron chi connectivity index (χ4n) is 2.77. The van der Waals surface area contributed by atoms with E-state index < -0.39 is 26.7 Å². The summed E-state index contributed by atoms with van der Waals surface area (Å²) in [4.78, 5) is 19.9. The minimum Gasteiger partial charge on any atom is -0.438 e. The molecular formula is C21H18N4O4S. The summed E-state index contributed by atoms with van der Waals surface area (Å²) in [6.45, 7) is 3.55. The first kappa shape index (κ1) is 21.0. The third-order valence-electron chi connectivity index (χ3n) is 4.06. The monoisotopic (exact) mass is 422 g/mol. The molecule has 0 radical (unpaired) electrons. The van der Waals surface area contributed by atoms with Gasteiger partial charge in [0.1, 0.15) is 11.5 Å². The van der Waals surface area contributed by atoms with Gasteiger partial charge in [-0.1, -0.05) is 18.2 Å². The number of nitriles is 1. The largest absolute Gasteiger partial charge is 0.438 e. The van der Waals surface area contributed by atoms with E-state index in [9.17, 15) is 13.2 Å². The number of carbonyl (C=O) groups excluding carboxylic acids is 1. The molecule has 3 rings (SSSR count). The zero-order valence-electron chi connectivity index (χ0n) is 16.3.